The molecular formula is C19H13Cl3F3NO3. The van der Waals surface area contributed by atoms with Gasteiger partial charge in [-0.25, -0.2) is 4.79 Å². The molecule has 0 aromatic heterocycles. The number of halogens is 6. The van der Waals surface area contributed by atoms with Gasteiger partial charge in [0.05, 0.1) is 29.8 Å². The molecular weight excluding hydrogens is 454 g/mol. The number of rotatable bonds is 3. The minimum absolute atomic E-state index is 0.0251. The van der Waals surface area contributed by atoms with Crippen molar-refractivity contribution in [1.29, 1.82) is 0 Å². The van der Waals surface area contributed by atoms with Crippen LogP contribution in [0.25, 0.3) is 0 Å². The number of esters is 1. The van der Waals surface area contributed by atoms with Gasteiger partial charge in [-0.15, -0.1) is 0 Å². The molecule has 0 radical (unpaired) electrons. The van der Waals surface area contributed by atoms with Crippen LogP contribution in [0.3, 0.4) is 0 Å². The normalized spacial score (nSPS) is 19.0. The third-order valence-electron chi connectivity index (χ3n) is 4.55. The number of aryl methyl sites for hydroxylation is 1. The second kappa shape index (κ2) is 7.70. The molecule has 1 unspecified atom stereocenters. The highest BCUT2D eigenvalue weighted by molar-refractivity contribution is 6.35. The van der Waals surface area contributed by atoms with Crippen LogP contribution in [0.5, 0.6) is 0 Å². The lowest BCUT2D eigenvalue weighted by Gasteiger charge is -2.29. The first-order chi connectivity index (χ1) is 13.5. The second-order valence-electron chi connectivity index (χ2n) is 6.43. The molecule has 1 atom stereocenters. The van der Waals surface area contributed by atoms with Gasteiger partial charge in [0, 0.05) is 21.2 Å². The summed E-state index contributed by atoms with van der Waals surface area (Å²) >= 11 is 18.0. The lowest BCUT2D eigenvalue weighted by atomic mass is 9.86. The van der Waals surface area contributed by atoms with E-state index in [2.05, 4.69) is 9.89 Å². The predicted octanol–water partition coefficient (Wildman–Crippen LogP) is 6.32. The van der Waals surface area contributed by atoms with Gasteiger partial charge in [-0.2, -0.15) is 13.2 Å². The van der Waals surface area contributed by atoms with Crippen LogP contribution >= 0.6 is 34.8 Å². The van der Waals surface area contributed by atoms with Gasteiger partial charge in [0.15, 0.2) is 0 Å². The molecule has 1 aliphatic heterocycles. The Labute approximate surface area is 179 Å². The molecule has 0 saturated carbocycles. The number of carbonyl (C=O) groups excluding carboxylic acids is 1. The highest BCUT2D eigenvalue weighted by Gasteiger charge is 2.62. The molecule has 2 aromatic carbocycles. The Morgan fingerprint density at radius 1 is 1.14 bits per heavy atom. The van der Waals surface area contributed by atoms with Crippen molar-refractivity contribution in [3.63, 3.8) is 0 Å². The fourth-order valence-corrected chi connectivity index (χ4v) is 3.87. The fourth-order valence-electron chi connectivity index (χ4n) is 3.07. The molecule has 1 aliphatic rings. The molecule has 0 amide bonds. The van der Waals surface area contributed by atoms with E-state index in [1.54, 1.807) is 6.92 Å². The van der Waals surface area contributed by atoms with Crippen LogP contribution in [0, 0.1) is 6.92 Å². The number of carbonyl (C=O) groups is 1. The first-order valence-corrected chi connectivity index (χ1v) is 9.29. The average Bonchev–Trinajstić information content (AvgIpc) is 3.08. The topological polar surface area (TPSA) is 47.9 Å². The van der Waals surface area contributed by atoms with Crippen molar-refractivity contribution in [2.75, 3.05) is 7.11 Å². The number of methoxy groups -OCH3 is 1. The summed E-state index contributed by atoms with van der Waals surface area (Å²) in [4.78, 5) is 16.8. The maximum absolute atomic E-state index is 14.1. The highest BCUT2D eigenvalue weighted by Crippen LogP contribution is 2.50. The quantitative estimate of drug-likeness (QED) is 0.497. The van der Waals surface area contributed by atoms with Gasteiger partial charge in [-0.1, -0.05) is 40.0 Å². The van der Waals surface area contributed by atoms with E-state index in [1.165, 1.54) is 25.3 Å². The first kappa shape index (κ1) is 21.7. The van der Waals surface area contributed by atoms with Crippen molar-refractivity contribution in [3.8, 4) is 0 Å². The lowest BCUT2D eigenvalue weighted by molar-refractivity contribution is -0.275. The minimum atomic E-state index is -4.82. The van der Waals surface area contributed by atoms with Crippen LogP contribution in [0.2, 0.25) is 15.1 Å². The summed E-state index contributed by atoms with van der Waals surface area (Å²) in [6, 6.07) is 6.37. The summed E-state index contributed by atoms with van der Waals surface area (Å²) in [6.07, 6.45) is -5.47. The Bertz CT molecular complexity index is 1000. The maximum atomic E-state index is 14.1. The lowest BCUT2D eigenvalue weighted by Crippen LogP contribution is -2.42. The molecule has 1 heterocycles. The molecule has 0 N–H and O–H groups in total. The SMILES string of the molecule is COC(=O)c1cc(Cl)c(C2=NOC(c3cc(Cl)cc(Cl)c3)(C(F)(F)F)C2)cc1C. The van der Waals surface area contributed by atoms with Gasteiger partial charge in [-0.05, 0) is 42.8 Å². The Hall–Kier alpha value is -1.96. The molecule has 2 aromatic rings. The van der Waals surface area contributed by atoms with Crippen molar-refractivity contribution < 1.29 is 27.5 Å². The van der Waals surface area contributed by atoms with E-state index in [1.807, 2.05) is 0 Å². The summed E-state index contributed by atoms with van der Waals surface area (Å²) < 4.78 is 46.9. The van der Waals surface area contributed by atoms with Crippen LogP contribution in [-0.2, 0) is 15.2 Å². The van der Waals surface area contributed by atoms with E-state index < -0.39 is 24.2 Å². The number of benzene rings is 2. The van der Waals surface area contributed by atoms with Gasteiger partial charge in [0.25, 0.3) is 5.60 Å². The summed E-state index contributed by atoms with van der Waals surface area (Å²) in [5, 5.41) is 3.77. The summed E-state index contributed by atoms with van der Waals surface area (Å²) in [5.41, 5.74) is -2.19. The Balaban J connectivity index is 2.06. The molecule has 154 valence electrons. The third kappa shape index (κ3) is 3.91. The van der Waals surface area contributed by atoms with Gasteiger partial charge in [0.2, 0.25) is 0 Å². The van der Waals surface area contributed by atoms with Crippen LogP contribution < -0.4 is 0 Å². The Morgan fingerprint density at radius 3 is 2.31 bits per heavy atom. The van der Waals surface area contributed by atoms with Gasteiger partial charge in [-0.3, -0.25) is 0 Å². The zero-order valence-corrected chi connectivity index (χ0v) is 17.3. The van der Waals surface area contributed by atoms with E-state index in [0.717, 1.165) is 12.1 Å². The Morgan fingerprint density at radius 2 is 1.76 bits per heavy atom. The zero-order valence-electron chi connectivity index (χ0n) is 15.0. The van der Waals surface area contributed by atoms with Crippen LogP contribution in [0.15, 0.2) is 35.5 Å². The second-order valence-corrected chi connectivity index (χ2v) is 7.71. The number of hydrogen-bond acceptors (Lipinski definition) is 4. The third-order valence-corrected chi connectivity index (χ3v) is 5.29. The molecule has 10 heteroatoms. The van der Waals surface area contributed by atoms with Crippen molar-refractivity contribution in [2.45, 2.75) is 25.1 Å². The summed E-state index contributed by atoms with van der Waals surface area (Å²) in [7, 11) is 1.21. The van der Waals surface area contributed by atoms with Gasteiger partial charge in [0.1, 0.15) is 0 Å². The molecule has 0 bridgehead atoms. The molecule has 0 aliphatic carbocycles. The number of alkyl halides is 3. The van der Waals surface area contributed by atoms with E-state index >= 15 is 0 Å². The van der Waals surface area contributed by atoms with Gasteiger partial charge >= 0.3 is 12.1 Å². The summed E-state index contributed by atoms with van der Waals surface area (Å²) in [6.45, 7) is 1.61. The van der Waals surface area contributed by atoms with Crippen molar-refractivity contribution in [3.05, 3.63) is 67.7 Å². The van der Waals surface area contributed by atoms with Crippen LogP contribution in [0.4, 0.5) is 13.2 Å². The van der Waals surface area contributed by atoms with Crippen molar-refractivity contribution >= 4 is 46.5 Å². The fraction of sp³-hybridized carbons (Fsp3) is 0.263. The van der Waals surface area contributed by atoms with Crippen molar-refractivity contribution in [2.24, 2.45) is 5.16 Å². The number of ether oxygens (including phenoxy) is 1. The van der Waals surface area contributed by atoms with E-state index in [0.29, 0.717) is 5.56 Å². The predicted molar refractivity (Wildman–Crippen MR) is 104 cm³/mol. The van der Waals surface area contributed by atoms with Crippen LogP contribution in [0.1, 0.15) is 33.5 Å². The number of hydrogen-bond donors (Lipinski definition) is 0. The monoisotopic (exact) mass is 465 g/mol. The minimum Gasteiger partial charge on any atom is -0.465 e. The highest BCUT2D eigenvalue weighted by atomic mass is 35.5. The first-order valence-electron chi connectivity index (χ1n) is 8.15. The number of nitrogens with zero attached hydrogens (tertiary/aromatic N) is 1. The smallest absolute Gasteiger partial charge is 0.435 e. The van der Waals surface area contributed by atoms with Crippen molar-refractivity contribution in [1.82, 2.24) is 0 Å². The molecule has 0 fully saturated rings. The number of oxime groups is 1. The molecule has 0 saturated heterocycles. The molecule has 3 rings (SSSR count). The standard InChI is InChI=1S/C19H13Cl3F3NO3/c1-9-3-14(15(22)7-13(9)17(27)28-2)16-8-18(29-26-16,19(23,24)25)10-4-11(20)6-12(21)5-10/h3-7H,8H2,1-2H3. The Kier molecular flexibility index (Phi) is 5.77. The largest absolute Gasteiger partial charge is 0.465 e. The van der Waals surface area contributed by atoms with Gasteiger partial charge < -0.3 is 9.57 Å². The zero-order chi connectivity index (χ0) is 21.6. The molecule has 29 heavy (non-hydrogen) atoms. The van der Waals surface area contributed by atoms with Crippen LogP contribution in [-0.4, -0.2) is 25.0 Å². The van der Waals surface area contributed by atoms with E-state index in [-0.39, 0.29) is 37.5 Å². The molecule has 0 spiro atoms. The van der Waals surface area contributed by atoms with E-state index in [9.17, 15) is 18.0 Å². The molecule has 4 nitrogen and oxygen atoms in total. The maximum Gasteiger partial charge on any atom is 0.435 e. The summed E-state index contributed by atoms with van der Waals surface area (Å²) in [5.74, 6) is -0.612. The average molecular weight is 467 g/mol. The van der Waals surface area contributed by atoms with E-state index in [4.69, 9.17) is 39.6 Å².